The number of likely N-dealkylation sites (tertiary alicyclic amines) is 1. The zero-order chi connectivity index (χ0) is 23.3. The summed E-state index contributed by atoms with van der Waals surface area (Å²) in [5, 5.41) is 17.2. The van der Waals surface area contributed by atoms with Gasteiger partial charge in [0.15, 0.2) is 0 Å². The second-order valence-electron chi connectivity index (χ2n) is 7.65. The summed E-state index contributed by atoms with van der Waals surface area (Å²) >= 11 is 3.65. The highest BCUT2D eigenvalue weighted by molar-refractivity contribution is 7.80. The summed E-state index contributed by atoms with van der Waals surface area (Å²) in [6.45, 7) is 0.604. The fourth-order valence-corrected chi connectivity index (χ4v) is 4.06. The van der Waals surface area contributed by atoms with Crippen LogP contribution in [0.2, 0.25) is 0 Å². The number of hydrogen-bond donors (Lipinski definition) is 4. The van der Waals surface area contributed by atoms with Gasteiger partial charge in [0.25, 0.3) is 0 Å². The van der Waals surface area contributed by atoms with Crippen LogP contribution in [-0.4, -0.2) is 57.5 Å². The van der Waals surface area contributed by atoms with Crippen LogP contribution in [0.5, 0.6) is 0 Å². The predicted octanol–water partition coefficient (Wildman–Crippen LogP) is 2.77. The Morgan fingerprint density at radius 3 is 2.50 bits per heavy atom. The van der Waals surface area contributed by atoms with Gasteiger partial charge in [-0.2, -0.15) is 12.6 Å². The molecule has 1 saturated heterocycles. The highest BCUT2D eigenvalue weighted by atomic mass is 32.1. The molecule has 32 heavy (non-hydrogen) atoms. The van der Waals surface area contributed by atoms with E-state index in [0.29, 0.717) is 19.4 Å². The fourth-order valence-electron chi connectivity index (χ4n) is 3.90. The van der Waals surface area contributed by atoms with Crippen molar-refractivity contribution in [2.45, 2.75) is 38.0 Å². The van der Waals surface area contributed by atoms with Gasteiger partial charge in [-0.3, -0.25) is 9.69 Å². The predicted molar refractivity (Wildman–Crippen MR) is 122 cm³/mol. The van der Waals surface area contributed by atoms with Gasteiger partial charge in [0.1, 0.15) is 18.7 Å². The minimum absolute atomic E-state index is 0.166. The summed E-state index contributed by atoms with van der Waals surface area (Å²) in [7, 11) is 0. The molecule has 0 radical (unpaired) electrons. The number of aliphatic carboxylic acids is 2. The van der Waals surface area contributed by atoms with Crippen LogP contribution in [0, 0.1) is 0 Å². The van der Waals surface area contributed by atoms with Crippen molar-refractivity contribution in [3.8, 4) is 11.1 Å². The SMILES string of the molecule is NC(CS)C(=O)O.O=C(O)[C@@H]1CCCN1C(=O)OCc1cccc2c1Cc1ccccc1-2. The first-order valence-corrected chi connectivity index (χ1v) is 10.9. The van der Waals surface area contributed by atoms with E-state index in [0.717, 1.165) is 12.0 Å². The maximum absolute atomic E-state index is 12.3. The molecule has 1 heterocycles. The van der Waals surface area contributed by atoms with Crippen molar-refractivity contribution in [3.05, 3.63) is 59.2 Å². The molecule has 170 valence electrons. The van der Waals surface area contributed by atoms with E-state index < -0.39 is 30.1 Å². The van der Waals surface area contributed by atoms with E-state index in [1.54, 1.807) is 0 Å². The zero-order valence-corrected chi connectivity index (χ0v) is 18.3. The van der Waals surface area contributed by atoms with E-state index in [9.17, 15) is 19.5 Å². The quantitative estimate of drug-likeness (QED) is 0.433. The molecule has 0 aromatic heterocycles. The van der Waals surface area contributed by atoms with Crippen LogP contribution >= 0.6 is 12.6 Å². The summed E-state index contributed by atoms with van der Waals surface area (Å²) in [6, 6.07) is 12.7. The van der Waals surface area contributed by atoms with Gasteiger partial charge in [0.05, 0.1) is 0 Å². The Balaban J connectivity index is 0.000000360. The summed E-state index contributed by atoms with van der Waals surface area (Å²) < 4.78 is 5.44. The number of ether oxygens (including phenoxy) is 1. The topological polar surface area (TPSA) is 130 Å². The normalized spacial score (nSPS) is 16.9. The third-order valence-electron chi connectivity index (χ3n) is 5.59. The van der Waals surface area contributed by atoms with Crippen molar-refractivity contribution >= 4 is 30.7 Å². The van der Waals surface area contributed by atoms with Crippen molar-refractivity contribution in [1.29, 1.82) is 0 Å². The molecular formula is C23H26N2O6S. The van der Waals surface area contributed by atoms with Gasteiger partial charge in [-0.25, -0.2) is 9.59 Å². The monoisotopic (exact) mass is 458 g/mol. The maximum Gasteiger partial charge on any atom is 0.410 e. The molecule has 1 unspecified atom stereocenters. The lowest BCUT2D eigenvalue weighted by Gasteiger charge is -2.21. The number of benzene rings is 2. The summed E-state index contributed by atoms with van der Waals surface area (Å²) in [5.74, 6) is -1.78. The lowest BCUT2D eigenvalue weighted by Crippen LogP contribution is -2.40. The first-order valence-electron chi connectivity index (χ1n) is 10.3. The maximum atomic E-state index is 12.3. The number of nitrogens with two attached hydrogens (primary N) is 1. The van der Waals surface area contributed by atoms with Crippen LogP contribution in [-0.2, 0) is 27.4 Å². The van der Waals surface area contributed by atoms with Gasteiger partial charge in [-0.15, -0.1) is 0 Å². The zero-order valence-electron chi connectivity index (χ0n) is 17.4. The first-order chi connectivity index (χ1) is 15.3. The summed E-state index contributed by atoms with van der Waals surface area (Å²) in [4.78, 5) is 34.6. The smallest absolute Gasteiger partial charge is 0.410 e. The fraction of sp³-hybridized carbons (Fsp3) is 0.348. The van der Waals surface area contributed by atoms with E-state index in [1.807, 2.05) is 24.3 Å². The van der Waals surface area contributed by atoms with E-state index >= 15 is 0 Å². The molecule has 1 fully saturated rings. The largest absolute Gasteiger partial charge is 0.480 e. The van der Waals surface area contributed by atoms with Gasteiger partial charge < -0.3 is 20.7 Å². The van der Waals surface area contributed by atoms with Gasteiger partial charge in [0.2, 0.25) is 0 Å². The van der Waals surface area contributed by atoms with Gasteiger partial charge in [0, 0.05) is 12.3 Å². The Kier molecular flexibility index (Phi) is 7.76. The van der Waals surface area contributed by atoms with Crippen LogP contribution < -0.4 is 5.73 Å². The molecule has 0 saturated carbocycles. The highest BCUT2D eigenvalue weighted by Gasteiger charge is 2.35. The molecule has 9 heteroatoms. The molecule has 2 aliphatic rings. The molecule has 2 aromatic carbocycles. The average molecular weight is 459 g/mol. The van der Waals surface area contributed by atoms with Crippen molar-refractivity contribution in [2.24, 2.45) is 5.73 Å². The number of nitrogens with zero attached hydrogens (tertiary/aromatic N) is 1. The average Bonchev–Trinajstić information content (AvgIpc) is 3.42. The van der Waals surface area contributed by atoms with Crippen molar-refractivity contribution in [2.75, 3.05) is 12.3 Å². The summed E-state index contributed by atoms with van der Waals surface area (Å²) in [6.07, 6.45) is 1.47. The number of hydrogen-bond acceptors (Lipinski definition) is 6. The number of amides is 1. The van der Waals surface area contributed by atoms with Crippen LogP contribution in [0.4, 0.5) is 4.79 Å². The van der Waals surface area contributed by atoms with E-state index in [-0.39, 0.29) is 12.4 Å². The number of carboxylic acid groups (broad SMARTS) is 2. The Morgan fingerprint density at radius 2 is 1.84 bits per heavy atom. The number of carbonyl (C=O) groups excluding carboxylic acids is 1. The number of fused-ring (bicyclic) bond motifs is 3. The highest BCUT2D eigenvalue weighted by Crippen LogP contribution is 2.38. The summed E-state index contributed by atoms with van der Waals surface area (Å²) in [5.41, 5.74) is 10.8. The lowest BCUT2D eigenvalue weighted by molar-refractivity contribution is -0.141. The first kappa shape index (κ1) is 23.6. The van der Waals surface area contributed by atoms with Crippen LogP contribution in [0.1, 0.15) is 29.5 Å². The van der Waals surface area contributed by atoms with Gasteiger partial charge in [-0.1, -0.05) is 42.5 Å². The number of thiol groups is 1. The number of carbonyl (C=O) groups is 3. The van der Waals surface area contributed by atoms with Crippen molar-refractivity contribution in [1.82, 2.24) is 4.90 Å². The van der Waals surface area contributed by atoms with Crippen molar-refractivity contribution < 1.29 is 29.3 Å². The third kappa shape index (κ3) is 5.23. The minimum atomic E-state index is -1.00. The molecule has 8 nitrogen and oxygen atoms in total. The van der Waals surface area contributed by atoms with Crippen molar-refractivity contribution in [3.63, 3.8) is 0 Å². The molecule has 1 aliphatic heterocycles. The Labute approximate surface area is 191 Å². The molecule has 4 N–H and O–H groups in total. The van der Waals surface area contributed by atoms with Crippen LogP contribution in [0.15, 0.2) is 42.5 Å². The molecule has 1 aliphatic carbocycles. The second-order valence-corrected chi connectivity index (χ2v) is 8.01. The molecule has 2 atom stereocenters. The van der Waals surface area contributed by atoms with E-state index in [4.69, 9.17) is 15.6 Å². The Hall–Kier alpha value is -3.04. The molecule has 0 bridgehead atoms. The Bertz CT molecular complexity index is 1010. The van der Waals surface area contributed by atoms with E-state index in [2.05, 4.69) is 30.8 Å². The van der Waals surface area contributed by atoms with Gasteiger partial charge >= 0.3 is 18.0 Å². The molecule has 0 spiro atoms. The molecule has 1 amide bonds. The van der Waals surface area contributed by atoms with Gasteiger partial charge in [-0.05, 0) is 47.1 Å². The molecule has 4 rings (SSSR count). The molecule has 2 aromatic rings. The lowest BCUT2D eigenvalue weighted by atomic mass is 10.0. The van der Waals surface area contributed by atoms with E-state index in [1.165, 1.54) is 27.2 Å². The van der Waals surface area contributed by atoms with Crippen LogP contribution in [0.25, 0.3) is 11.1 Å². The number of carboxylic acids is 2. The third-order valence-corrected chi connectivity index (χ3v) is 5.98. The number of rotatable bonds is 5. The minimum Gasteiger partial charge on any atom is -0.480 e. The second kappa shape index (κ2) is 10.5. The van der Waals surface area contributed by atoms with Crippen LogP contribution in [0.3, 0.4) is 0 Å². The Morgan fingerprint density at radius 1 is 1.12 bits per heavy atom. The molecular weight excluding hydrogens is 432 g/mol. The standard InChI is InChI=1S/C20H19NO4.C3H7NO2S/c22-19(23)18-9-4-10-21(18)20(24)25-12-14-6-3-8-16-15-7-2-1-5-13(15)11-17(14)16;4-2(1-7)3(5)6/h1-3,5-8,18H,4,9-12H2,(H,22,23);2,7H,1,4H2,(H,5,6)/t18-;/m0./s1.